The van der Waals surface area contributed by atoms with Crippen molar-refractivity contribution < 1.29 is 9.53 Å². The number of ether oxygens (including phenoxy) is 1. The van der Waals surface area contributed by atoms with Crippen LogP contribution in [0.1, 0.15) is 33.1 Å². The van der Waals surface area contributed by atoms with Crippen LogP contribution in [0.5, 0.6) is 0 Å². The molecule has 4 nitrogen and oxygen atoms in total. The molecule has 1 fully saturated rings. The quantitative estimate of drug-likeness (QED) is 0.813. The number of carbonyl (C=O) groups excluding carboxylic acids is 1. The van der Waals surface area contributed by atoms with Crippen molar-refractivity contribution in [2.75, 3.05) is 33.9 Å². The zero-order chi connectivity index (χ0) is 13.5. The number of nitrogens with one attached hydrogen (secondary N) is 1. The predicted molar refractivity (Wildman–Crippen MR) is 80.7 cm³/mol. The van der Waals surface area contributed by atoms with Crippen molar-refractivity contribution in [3.8, 4) is 0 Å². The van der Waals surface area contributed by atoms with Gasteiger partial charge in [0.15, 0.2) is 0 Å². The third-order valence-electron chi connectivity index (χ3n) is 4.10. The maximum Gasteiger partial charge on any atom is 0.222 e. The molecule has 1 aliphatic heterocycles. The molecule has 1 rings (SSSR count). The first-order valence-electron chi connectivity index (χ1n) is 7.01. The Labute approximate surface area is 123 Å². The average molecular weight is 293 g/mol. The highest BCUT2D eigenvalue weighted by Crippen LogP contribution is 2.23. The minimum Gasteiger partial charge on any atom is -0.383 e. The Morgan fingerprint density at radius 1 is 1.47 bits per heavy atom. The van der Waals surface area contributed by atoms with Crippen LogP contribution in [-0.2, 0) is 9.53 Å². The summed E-state index contributed by atoms with van der Waals surface area (Å²) in [5.41, 5.74) is 0. The fourth-order valence-electron chi connectivity index (χ4n) is 2.55. The van der Waals surface area contributed by atoms with Gasteiger partial charge in [-0.05, 0) is 44.7 Å². The van der Waals surface area contributed by atoms with E-state index in [1.165, 1.54) is 12.8 Å². The molecule has 5 heteroatoms. The third-order valence-corrected chi connectivity index (χ3v) is 4.10. The number of hydrogen-bond acceptors (Lipinski definition) is 3. The lowest BCUT2D eigenvalue weighted by molar-refractivity contribution is -0.133. The van der Waals surface area contributed by atoms with E-state index in [4.69, 9.17) is 4.74 Å². The molecule has 1 aliphatic rings. The fourth-order valence-corrected chi connectivity index (χ4v) is 2.55. The van der Waals surface area contributed by atoms with Crippen molar-refractivity contribution in [2.45, 2.75) is 39.2 Å². The van der Waals surface area contributed by atoms with E-state index >= 15 is 0 Å². The normalized spacial score (nSPS) is 22.2. The second kappa shape index (κ2) is 9.56. The van der Waals surface area contributed by atoms with Crippen LogP contribution in [0.15, 0.2) is 0 Å². The molecule has 0 saturated carbocycles. The predicted octanol–water partition coefficient (Wildman–Crippen LogP) is 1.93. The molecule has 0 aliphatic carbocycles. The number of amides is 1. The van der Waals surface area contributed by atoms with Gasteiger partial charge in [-0.2, -0.15) is 0 Å². The molecule has 1 heterocycles. The monoisotopic (exact) mass is 292 g/mol. The van der Waals surface area contributed by atoms with Crippen molar-refractivity contribution >= 4 is 18.3 Å². The van der Waals surface area contributed by atoms with Gasteiger partial charge in [0.25, 0.3) is 0 Å². The number of piperidine rings is 1. The van der Waals surface area contributed by atoms with E-state index in [1.54, 1.807) is 7.11 Å². The van der Waals surface area contributed by atoms with Gasteiger partial charge in [0.05, 0.1) is 12.6 Å². The van der Waals surface area contributed by atoms with Crippen LogP contribution in [0.3, 0.4) is 0 Å². The fraction of sp³-hybridized carbons (Fsp3) is 0.929. The van der Waals surface area contributed by atoms with Crippen molar-refractivity contribution in [1.82, 2.24) is 10.2 Å². The lowest BCUT2D eigenvalue weighted by Gasteiger charge is -2.30. The number of halogens is 1. The topological polar surface area (TPSA) is 41.6 Å². The first-order valence-corrected chi connectivity index (χ1v) is 7.01. The van der Waals surface area contributed by atoms with Crippen LogP contribution in [0.2, 0.25) is 0 Å². The standard InChI is InChI=1S/C14H28N2O2.ClH/c1-11(13-6-5-7-15-9-13)8-14(17)16(3)12(2)10-18-4;/h11-13,15H,5-10H2,1-4H3;1H. The molecular formula is C14H29ClN2O2. The van der Waals surface area contributed by atoms with Crippen molar-refractivity contribution in [3.05, 3.63) is 0 Å². The van der Waals surface area contributed by atoms with Crippen LogP contribution < -0.4 is 5.32 Å². The molecule has 0 spiro atoms. The average Bonchev–Trinajstić information content (AvgIpc) is 2.39. The molecule has 19 heavy (non-hydrogen) atoms. The molecule has 3 unspecified atom stereocenters. The zero-order valence-corrected chi connectivity index (χ0v) is 13.5. The Morgan fingerprint density at radius 2 is 2.16 bits per heavy atom. The van der Waals surface area contributed by atoms with Crippen LogP contribution in [0, 0.1) is 11.8 Å². The molecule has 1 amide bonds. The highest BCUT2D eigenvalue weighted by atomic mass is 35.5. The number of likely N-dealkylation sites (N-methyl/N-ethyl adjacent to an activating group) is 1. The first-order chi connectivity index (χ1) is 8.56. The van der Waals surface area contributed by atoms with E-state index in [1.807, 2.05) is 18.9 Å². The van der Waals surface area contributed by atoms with Gasteiger partial charge >= 0.3 is 0 Å². The number of hydrogen-bond donors (Lipinski definition) is 1. The van der Waals surface area contributed by atoms with Crippen molar-refractivity contribution in [1.29, 1.82) is 0 Å². The van der Waals surface area contributed by atoms with E-state index in [-0.39, 0.29) is 24.4 Å². The van der Waals surface area contributed by atoms with Crippen LogP contribution in [-0.4, -0.2) is 50.7 Å². The Hall–Kier alpha value is -0.320. The Balaban J connectivity index is 0.00000324. The molecule has 0 aromatic rings. The summed E-state index contributed by atoms with van der Waals surface area (Å²) >= 11 is 0. The summed E-state index contributed by atoms with van der Waals surface area (Å²) < 4.78 is 5.09. The van der Waals surface area contributed by atoms with Crippen molar-refractivity contribution in [3.63, 3.8) is 0 Å². The van der Waals surface area contributed by atoms with Gasteiger partial charge in [0.1, 0.15) is 0 Å². The molecule has 0 aromatic heterocycles. The van der Waals surface area contributed by atoms with Gasteiger partial charge in [0.2, 0.25) is 5.91 Å². The summed E-state index contributed by atoms with van der Waals surface area (Å²) in [6.07, 6.45) is 3.13. The largest absolute Gasteiger partial charge is 0.383 e. The number of rotatable bonds is 6. The summed E-state index contributed by atoms with van der Waals surface area (Å²) in [7, 11) is 3.54. The first kappa shape index (κ1) is 18.7. The number of nitrogens with zero attached hydrogens (tertiary/aromatic N) is 1. The van der Waals surface area contributed by atoms with Crippen LogP contribution >= 0.6 is 12.4 Å². The van der Waals surface area contributed by atoms with Crippen LogP contribution in [0.4, 0.5) is 0 Å². The van der Waals surface area contributed by atoms with Gasteiger partial charge in [0, 0.05) is 20.6 Å². The second-order valence-electron chi connectivity index (χ2n) is 5.60. The summed E-state index contributed by atoms with van der Waals surface area (Å²) in [6.45, 7) is 7.01. The smallest absolute Gasteiger partial charge is 0.222 e. The van der Waals surface area contributed by atoms with Gasteiger partial charge in [-0.3, -0.25) is 4.79 Å². The summed E-state index contributed by atoms with van der Waals surface area (Å²) in [4.78, 5) is 14.0. The highest BCUT2D eigenvalue weighted by Gasteiger charge is 2.24. The summed E-state index contributed by atoms with van der Waals surface area (Å²) in [5.74, 6) is 1.34. The lowest BCUT2D eigenvalue weighted by atomic mass is 9.85. The second-order valence-corrected chi connectivity index (χ2v) is 5.60. The molecule has 0 aromatic carbocycles. The molecular weight excluding hydrogens is 264 g/mol. The number of carbonyl (C=O) groups is 1. The molecule has 3 atom stereocenters. The molecule has 114 valence electrons. The van der Waals surface area contributed by atoms with Gasteiger partial charge in [-0.25, -0.2) is 0 Å². The van der Waals surface area contributed by atoms with E-state index in [0.29, 0.717) is 24.9 Å². The maximum atomic E-state index is 12.2. The van der Waals surface area contributed by atoms with E-state index < -0.39 is 0 Å². The molecule has 1 saturated heterocycles. The minimum atomic E-state index is 0. The molecule has 1 N–H and O–H groups in total. The number of methoxy groups -OCH3 is 1. The molecule has 0 radical (unpaired) electrons. The Bertz CT molecular complexity index is 258. The van der Waals surface area contributed by atoms with Gasteiger partial charge in [-0.1, -0.05) is 6.92 Å². The zero-order valence-electron chi connectivity index (χ0n) is 12.6. The third kappa shape index (κ3) is 6.11. The molecule has 0 bridgehead atoms. The van der Waals surface area contributed by atoms with E-state index in [2.05, 4.69) is 12.2 Å². The lowest BCUT2D eigenvalue weighted by Crippen LogP contribution is -2.40. The van der Waals surface area contributed by atoms with Crippen LogP contribution in [0.25, 0.3) is 0 Å². The SMILES string of the molecule is COCC(C)N(C)C(=O)CC(C)C1CCCNC1.Cl. The van der Waals surface area contributed by atoms with Gasteiger partial charge < -0.3 is 15.0 Å². The maximum absolute atomic E-state index is 12.2. The highest BCUT2D eigenvalue weighted by molar-refractivity contribution is 5.85. The van der Waals surface area contributed by atoms with Gasteiger partial charge in [-0.15, -0.1) is 12.4 Å². The van der Waals surface area contributed by atoms with E-state index in [9.17, 15) is 4.79 Å². The minimum absolute atomic E-state index is 0. The summed E-state index contributed by atoms with van der Waals surface area (Å²) in [5, 5.41) is 3.42. The van der Waals surface area contributed by atoms with Crippen molar-refractivity contribution in [2.24, 2.45) is 11.8 Å². The Morgan fingerprint density at radius 3 is 2.68 bits per heavy atom. The summed E-state index contributed by atoms with van der Waals surface area (Å²) in [6, 6.07) is 0.152. The van der Waals surface area contributed by atoms with E-state index in [0.717, 1.165) is 13.1 Å². The Kier molecular flexibility index (Phi) is 9.40.